The van der Waals surface area contributed by atoms with Gasteiger partial charge in [-0.1, -0.05) is 24.3 Å². The van der Waals surface area contributed by atoms with Crippen molar-refractivity contribution in [3.63, 3.8) is 0 Å². The lowest BCUT2D eigenvalue weighted by Crippen LogP contribution is -2.32. The Balaban J connectivity index is 1.67. The van der Waals surface area contributed by atoms with E-state index in [1.54, 1.807) is 6.92 Å². The molecule has 1 aliphatic heterocycles. The van der Waals surface area contributed by atoms with Crippen molar-refractivity contribution >= 4 is 17.7 Å². The van der Waals surface area contributed by atoms with Crippen LogP contribution in [0.15, 0.2) is 48.5 Å². The number of aromatic nitrogens is 2. The number of amides is 1. The zero-order valence-electron chi connectivity index (χ0n) is 20.0. The van der Waals surface area contributed by atoms with Crippen molar-refractivity contribution in [2.24, 2.45) is 0 Å². The van der Waals surface area contributed by atoms with E-state index < -0.39 is 53.4 Å². The molecule has 8 nitrogen and oxygen atoms in total. The molecule has 3 N–H and O–H groups in total. The van der Waals surface area contributed by atoms with Crippen LogP contribution >= 0.6 is 0 Å². The summed E-state index contributed by atoms with van der Waals surface area (Å²) < 4.78 is 70.0. The molecule has 2 aromatic carbocycles. The van der Waals surface area contributed by atoms with E-state index in [4.69, 9.17) is 5.11 Å². The molecule has 1 aromatic heterocycles. The number of rotatable bonds is 8. The number of carboxylic acid groups (broad SMARTS) is 1. The highest BCUT2D eigenvalue weighted by Gasteiger charge is 2.43. The number of halogens is 5. The quantitative estimate of drug-likeness (QED) is 0.371. The third-order valence-corrected chi connectivity index (χ3v) is 6.21. The highest BCUT2D eigenvalue weighted by Crippen LogP contribution is 2.38. The zero-order chi connectivity index (χ0) is 27.8. The second-order valence-electron chi connectivity index (χ2n) is 8.87. The van der Waals surface area contributed by atoms with E-state index in [0.29, 0.717) is 5.56 Å². The van der Waals surface area contributed by atoms with Crippen molar-refractivity contribution in [1.82, 2.24) is 15.1 Å². The van der Waals surface area contributed by atoms with Crippen LogP contribution < -0.4 is 10.2 Å². The number of aliphatic hydroxyl groups is 1. The first-order chi connectivity index (χ1) is 17.8. The number of carboxylic acids is 1. The van der Waals surface area contributed by atoms with Crippen LogP contribution in [0.4, 0.5) is 27.8 Å². The minimum absolute atomic E-state index is 0.00328. The maximum atomic E-state index is 14.7. The second-order valence-corrected chi connectivity index (χ2v) is 8.87. The number of nitrogens with zero attached hydrogens (tertiary/aromatic N) is 3. The fraction of sp³-hybridized carbons (Fsp3) is 0.320. The number of nitrogens with one attached hydrogen (secondary N) is 1. The Hall–Kier alpha value is -4.00. The van der Waals surface area contributed by atoms with Crippen LogP contribution in [0.3, 0.4) is 0 Å². The number of aromatic carboxylic acids is 1. The Morgan fingerprint density at radius 1 is 1.08 bits per heavy atom. The standard InChI is InChI=1S/C25H23F5N4O4/c1-14(16-5-7-17(8-6-16)23(37)38)31-21(36)19-20(24(26,27)13-35)32-34-10-9-33(22(19)34)12-15-3-2-4-18(11-15)25(28,29)30/h2-8,11,14,35H,9-10,12-13H2,1H3,(H,31,36)(H,37,38)/t14-/m0/s1. The maximum absolute atomic E-state index is 14.7. The Kier molecular flexibility index (Phi) is 7.15. The molecule has 0 saturated heterocycles. The van der Waals surface area contributed by atoms with Crippen LogP contribution in [0, 0.1) is 0 Å². The number of carbonyl (C=O) groups is 2. The highest BCUT2D eigenvalue weighted by molar-refractivity contribution is 6.01. The topological polar surface area (TPSA) is 108 Å². The first-order valence-corrected chi connectivity index (χ1v) is 11.5. The SMILES string of the molecule is C[C@H](NC(=O)c1c(C(F)(F)CO)nn2c1N(Cc1cccc(C(F)(F)F)c1)CC2)c1ccc(C(=O)O)cc1. The fourth-order valence-corrected chi connectivity index (χ4v) is 4.28. The maximum Gasteiger partial charge on any atom is 0.416 e. The smallest absolute Gasteiger partial charge is 0.416 e. The second kappa shape index (κ2) is 10.0. The van der Waals surface area contributed by atoms with E-state index in [2.05, 4.69) is 10.4 Å². The van der Waals surface area contributed by atoms with Crippen LogP contribution in [0.1, 0.15) is 56.1 Å². The first kappa shape index (κ1) is 27.0. The molecule has 0 fully saturated rings. The summed E-state index contributed by atoms with van der Waals surface area (Å²) in [6.07, 6.45) is -4.57. The molecule has 0 radical (unpaired) electrons. The molecule has 1 aliphatic rings. The molecule has 2 heterocycles. The van der Waals surface area contributed by atoms with Gasteiger partial charge in [-0.3, -0.25) is 4.79 Å². The van der Waals surface area contributed by atoms with E-state index in [-0.39, 0.29) is 36.6 Å². The molecular weight excluding hydrogens is 515 g/mol. The van der Waals surface area contributed by atoms with Crippen LogP contribution in [-0.2, 0) is 25.2 Å². The minimum atomic E-state index is -4.57. The van der Waals surface area contributed by atoms with Gasteiger partial charge in [-0.25, -0.2) is 9.48 Å². The molecule has 1 atom stereocenters. The van der Waals surface area contributed by atoms with Crippen LogP contribution in [0.5, 0.6) is 0 Å². The van der Waals surface area contributed by atoms with E-state index in [1.165, 1.54) is 46.0 Å². The number of anilines is 1. The van der Waals surface area contributed by atoms with Crippen molar-refractivity contribution in [3.8, 4) is 0 Å². The Morgan fingerprint density at radius 2 is 1.76 bits per heavy atom. The predicted octanol–water partition coefficient (Wildman–Crippen LogP) is 4.20. The van der Waals surface area contributed by atoms with Gasteiger partial charge in [0.1, 0.15) is 23.7 Å². The predicted molar refractivity (Wildman–Crippen MR) is 125 cm³/mol. The lowest BCUT2D eigenvalue weighted by atomic mass is 10.0. The Labute approximate surface area is 213 Å². The molecule has 0 saturated carbocycles. The summed E-state index contributed by atoms with van der Waals surface area (Å²) in [4.78, 5) is 25.9. The van der Waals surface area contributed by atoms with Gasteiger partial charge >= 0.3 is 18.1 Å². The van der Waals surface area contributed by atoms with Crippen LogP contribution in [0.25, 0.3) is 0 Å². The lowest BCUT2D eigenvalue weighted by molar-refractivity contribution is -0.137. The third-order valence-electron chi connectivity index (χ3n) is 6.21. The van der Waals surface area contributed by atoms with E-state index in [0.717, 1.165) is 12.1 Å². The first-order valence-electron chi connectivity index (χ1n) is 11.5. The molecular formula is C25H23F5N4O4. The van der Waals surface area contributed by atoms with Gasteiger partial charge in [-0.15, -0.1) is 0 Å². The number of benzene rings is 2. The van der Waals surface area contributed by atoms with Gasteiger partial charge in [-0.05, 0) is 42.3 Å². The van der Waals surface area contributed by atoms with Gasteiger partial charge in [0.15, 0.2) is 0 Å². The van der Waals surface area contributed by atoms with E-state index in [1.807, 2.05) is 0 Å². The molecule has 3 aromatic rings. The van der Waals surface area contributed by atoms with Crippen molar-refractivity contribution in [1.29, 1.82) is 0 Å². The van der Waals surface area contributed by atoms with Gasteiger partial charge in [-0.2, -0.15) is 27.1 Å². The number of fused-ring (bicyclic) bond motifs is 1. The van der Waals surface area contributed by atoms with E-state index in [9.17, 15) is 36.6 Å². The van der Waals surface area contributed by atoms with Crippen molar-refractivity contribution < 1.29 is 41.8 Å². The van der Waals surface area contributed by atoms with Crippen LogP contribution in [-0.4, -0.2) is 45.0 Å². The number of hydrogen-bond acceptors (Lipinski definition) is 5. The van der Waals surface area contributed by atoms with Gasteiger partial charge in [0.25, 0.3) is 5.91 Å². The largest absolute Gasteiger partial charge is 0.478 e. The molecule has 0 unspecified atom stereocenters. The third kappa shape index (κ3) is 5.32. The highest BCUT2D eigenvalue weighted by atomic mass is 19.4. The average Bonchev–Trinajstić information content (AvgIpc) is 3.44. The molecule has 0 spiro atoms. The van der Waals surface area contributed by atoms with Gasteiger partial charge in [0.05, 0.1) is 23.7 Å². The lowest BCUT2D eigenvalue weighted by Gasteiger charge is -2.22. The van der Waals surface area contributed by atoms with Gasteiger partial charge in [0.2, 0.25) is 0 Å². The normalized spacial score (nSPS) is 14.3. The van der Waals surface area contributed by atoms with E-state index >= 15 is 0 Å². The summed E-state index contributed by atoms with van der Waals surface area (Å²) in [5, 5.41) is 24.8. The number of alkyl halides is 5. The summed E-state index contributed by atoms with van der Waals surface area (Å²) in [5.74, 6) is -5.94. The van der Waals surface area contributed by atoms with Crippen molar-refractivity contribution in [3.05, 3.63) is 82.0 Å². The van der Waals surface area contributed by atoms with Crippen molar-refractivity contribution in [2.45, 2.75) is 38.2 Å². The molecule has 1 amide bonds. The van der Waals surface area contributed by atoms with Crippen molar-refractivity contribution in [2.75, 3.05) is 18.1 Å². The molecule has 38 heavy (non-hydrogen) atoms. The monoisotopic (exact) mass is 538 g/mol. The molecule has 13 heteroatoms. The fourth-order valence-electron chi connectivity index (χ4n) is 4.28. The number of carbonyl (C=O) groups excluding carboxylic acids is 1. The molecule has 0 bridgehead atoms. The summed E-state index contributed by atoms with van der Waals surface area (Å²) in [7, 11) is 0. The van der Waals surface area contributed by atoms with Gasteiger partial charge in [0, 0.05) is 13.1 Å². The Bertz CT molecular complexity index is 1350. The molecule has 4 rings (SSSR count). The summed E-state index contributed by atoms with van der Waals surface area (Å²) in [5.41, 5.74) is -1.53. The Morgan fingerprint density at radius 3 is 2.37 bits per heavy atom. The number of hydrogen-bond donors (Lipinski definition) is 3. The molecule has 202 valence electrons. The average molecular weight is 538 g/mol. The zero-order valence-corrected chi connectivity index (χ0v) is 20.0. The van der Waals surface area contributed by atoms with Crippen LogP contribution in [0.2, 0.25) is 0 Å². The summed E-state index contributed by atoms with van der Waals surface area (Å²) in [6.45, 7) is 0.162. The minimum Gasteiger partial charge on any atom is -0.478 e. The summed E-state index contributed by atoms with van der Waals surface area (Å²) in [6, 6.07) is 9.45. The molecule has 0 aliphatic carbocycles. The van der Waals surface area contributed by atoms with Gasteiger partial charge < -0.3 is 20.4 Å². The summed E-state index contributed by atoms with van der Waals surface area (Å²) >= 11 is 0. The number of aliphatic hydroxyl groups excluding tert-OH is 1.